The molecule has 2 aromatic heterocycles. The maximum atomic E-state index is 11.1. The summed E-state index contributed by atoms with van der Waals surface area (Å²) >= 11 is 0. The van der Waals surface area contributed by atoms with Crippen LogP contribution < -0.4 is 0 Å². The van der Waals surface area contributed by atoms with Gasteiger partial charge in [0, 0.05) is 11.7 Å². The number of pyridine rings is 1. The number of nitrogens with zero attached hydrogens (tertiary/aromatic N) is 3. The summed E-state index contributed by atoms with van der Waals surface area (Å²) in [6.07, 6.45) is 3.64. The predicted molar refractivity (Wildman–Crippen MR) is 77.0 cm³/mol. The first-order valence-corrected chi connectivity index (χ1v) is 7.09. The lowest BCUT2D eigenvalue weighted by molar-refractivity contribution is -0.149. The van der Waals surface area contributed by atoms with E-state index in [2.05, 4.69) is 35.3 Å². The van der Waals surface area contributed by atoms with Crippen molar-refractivity contribution in [2.75, 3.05) is 0 Å². The van der Waals surface area contributed by atoms with Gasteiger partial charge >= 0.3 is 5.97 Å². The van der Waals surface area contributed by atoms with Crippen LogP contribution in [-0.4, -0.2) is 31.7 Å². The second-order valence-corrected chi connectivity index (χ2v) is 6.37. The van der Waals surface area contributed by atoms with Gasteiger partial charge in [0.15, 0.2) is 6.10 Å². The van der Waals surface area contributed by atoms with E-state index < -0.39 is 12.1 Å². The zero-order chi connectivity index (χ0) is 15.2. The molecule has 21 heavy (non-hydrogen) atoms. The molecule has 0 bridgehead atoms. The Morgan fingerprint density at radius 2 is 2.19 bits per heavy atom. The van der Waals surface area contributed by atoms with Crippen LogP contribution in [0.5, 0.6) is 0 Å². The Hall–Kier alpha value is -1.95. The molecule has 0 amide bonds. The van der Waals surface area contributed by atoms with Crippen molar-refractivity contribution in [1.29, 1.82) is 0 Å². The number of aliphatic carboxylic acids is 1. The summed E-state index contributed by atoms with van der Waals surface area (Å²) in [5, 5.41) is 9.08. The fourth-order valence-corrected chi connectivity index (χ4v) is 2.88. The van der Waals surface area contributed by atoms with Crippen molar-refractivity contribution in [2.24, 2.45) is 0 Å². The van der Waals surface area contributed by atoms with Gasteiger partial charge in [-0.1, -0.05) is 0 Å². The molecule has 6 nitrogen and oxygen atoms in total. The van der Waals surface area contributed by atoms with Crippen LogP contribution in [-0.2, 0) is 15.1 Å². The van der Waals surface area contributed by atoms with Gasteiger partial charge in [-0.05, 0) is 39.7 Å². The van der Waals surface area contributed by atoms with E-state index in [1.54, 1.807) is 12.4 Å². The van der Waals surface area contributed by atoms with E-state index in [1.165, 1.54) is 0 Å². The molecule has 1 saturated heterocycles. The highest BCUT2D eigenvalue weighted by atomic mass is 16.5. The second kappa shape index (κ2) is 4.80. The highest BCUT2D eigenvalue weighted by molar-refractivity contribution is 5.75. The molecule has 112 valence electrons. The molecule has 0 radical (unpaired) electrons. The molecule has 2 unspecified atom stereocenters. The summed E-state index contributed by atoms with van der Waals surface area (Å²) in [7, 11) is 0. The molecular formula is C15H19N3O3. The average molecular weight is 289 g/mol. The lowest BCUT2D eigenvalue weighted by atomic mass is 10.1. The second-order valence-electron chi connectivity index (χ2n) is 6.37. The van der Waals surface area contributed by atoms with Gasteiger partial charge in [0.1, 0.15) is 17.4 Å². The highest BCUT2D eigenvalue weighted by Gasteiger charge is 2.36. The quantitative estimate of drug-likeness (QED) is 0.919. The number of carboxylic acid groups (broad SMARTS) is 1. The number of fused-ring (bicyclic) bond motifs is 1. The number of carbonyl (C=O) groups is 1. The van der Waals surface area contributed by atoms with Crippen molar-refractivity contribution in [1.82, 2.24) is 14.5 Å². The van der Waals surface area contributed by atoms with Crippen molar-refractivity contribution in [2.45, 2.75) is 51.4 Å². The van der Waals surface area contributed by atoms with Crippen LogP contribution in [0, 0.1) is 0 Å². The summed E-state index contributed by atoms with van der Waals surface area (Å²) in [5.74, 6) is -0.119. The van der Waals surface area contributed by atoms with Crippen LogP contribution in [0.25, 0.3) is 11.0 Å². The van der Waals surface area contributed by atoms with E-state index >= 15 is 0 Å². The maximum Gasteiger partial charge on any atom is 0.332 e. The molecule has 1 aliphatic heterocycles. The number of hydrogen-bond acceptors (Lipinski definition) is 4. The molecule has 2 atom stereocenters. The lowest BCUT2D eigenvalue weighted by Gasteiger charge is -2.26. The van der Waals surface area contributed by atoms with Gasteiger partial charge in [0.25, 0.3) is 0 Å². The minimum absolute atomic E-state index is 0.171. The molecule has 0 spiro atoms. The van der Waals surface area contributed by atoms with Crippen LogP contribution in [0.3, 0.4) is 0 Å². The van der Waals surface area contributed by atoms with Gasteiger partial charge in [-0.15, -0.1) is 0 Å². The molecule has 0 aliphatic carbocycles. The van der Waals surface area contributed by atoms with Gasteiger partial charge in [-0.2, -0.15) is 0 Å². The molecule has 1 N–H and O–H groups in total. The van der Waals surface area contributed by atoms with Crippen molar-refractivity contribution in [3.63, 3.8) is 0 Å². The third kappa shape index (κ3) is 2.40. The number of aromatic nitrogens is 3. The Morgan fingerprint density at radius 1 is 1.43 bits per heavy atom. The first kappa shape index (κ1) is 14.0. The fourth-order valence-electron chi connectivity index (χ4n) is 2.88. The normalized spacial score (nSPS) is 22.8. The Balaban J connectivity index is 2.08. The van der Waals surface area contributed by atoms with Crippen molar-refractivity contribution in [3.05, 3.63) is 24.3 Å². The van der Waals surface area contributed by atoms with E-state index in [1.807, 2.05) is 6.07 Å². The van der Waals surface area contributed by atoms with Crippen molar-refractivity contribution >= 4 is 17.0 Å². The van der Waals surface area contributed by atoms with E-state index in [9.17, 15) is 4.79 Å². The van der Waals surface area contributed by atoms with E-state index in [0.717, 1.165) is 16.9 Å². The largest absolute Gasteiger partial charge is 0.479 e. The van der Waals surface area contributed by atoms with Crippen LogP contribution in [0.1, 0.15) is 45.5 Å². The zero-order valence-corrected chi connectivity index (χ0v) is 12.4. The topological polar surface area (TPSA) is 77.2 Å². The first-order valence-electron chi connectivity index (χ1n) is 7.09. The van der Waals surface area contributed by atoms with Crippen LogP contribution in [0.15, 0.2) is 18.5 Å². The van der Waals surface area contributed by atoms with E-state index in [0.29, 0.717) is 12.8 Å². The molecule has 3 heterocycles. The minimum atomic E-state index is -0.905. The van der Waals surface area contributed by atoms with E-state index in [-0.39, 0.29) is 11.6 Å². The van der Waals surface area contributed by atoms with Gasteiger partial charge in [0.2, 0.25) is 0 Å². The van der Waals surface area contributed by atoms with Gasteiger partial charge in [-0.25, -0.2) is 9.78 Å². The van der Waals surface area contributed by atoms with Gasteiger partial charge < -0.3 is 14.4 Å². The zero-order valence-electron chi connectivity index (χ0n) is 12.4. The molecule has 0 aromatic carbocycles. The number of imidazole rings is 1. The van der Waals surface area contributed by atoms with Crippen LogP contribution in [0.4, 0.5) is 0 Å². The molecule has 6 heteroatoms. The SMILES string of the molecule is CC(C)(C)n1c(C2CCC(C(=O)O)O2)nc2cnccc21. The Morgan fingerprint density at radius 3 is 2.81 bits per heavy atom. The molecule has 3 rings (SSSR count). The summed E-state index contributed by atoms with van der Waals surface area (Å²) in [5.41, 5.74) is 1.63. The van der Waals surface area contributed by atoms with Crippen molar-refractivity contribution in [3.8, 4) is 0 Å². The molecule has 0 saturated carbocycles. The van der Waals surface area contributed by atoms with Gasteiger partial charge in [0.05, 0.1) is 11.7 Å². The lowest BCUT2D eigenvalue weighted by Crippen LogP contribution is -2.26. The summed E-state index contributed by atoms with van der Waals surface area (Å²) in [6.45, 7) is 6.30. The third-order valence-electron chi connectivity index (χ3n) is 3.74. The summed E-state index contributed by atoms with van der Waals surface area (Å²) in [4.78, 5) is 19.8. The third-order valence-corrected chi connectivity index (χ3v) is 3.74. The number of ether oxygens (including phenoxy) is 1. The monoisotopic (exact) mass is 289 g/mol. The number of rotatable bonds is 2. The fraction of sp³-hybridized carbons (Fsp3) is 0.533. The van der Waals surface area contributed by atoms with Crippen LogP contribution in [0.2, 0.25) is 0 Å². The molecule has 1 aliphatic rings. The minimum Gasteiger partial charge on any atom is -0.479 e. The van der Waals surface area contributed by atoms with Gasteiger partial charge in [-0.3, -0.25) is 4.98 Å². The molecule has 1 fully saturated rings. The average Bonchev–Trinajstić information content (AvgIpc) is 3.02. The summed E-state index contributed by atoms with van der Waals surface area (Å²) < 4.78 is 7.79. The smallest absolute Gasteiger partial charge is 0.332 e. The van der Waals surface area contributed by atoms with E-state index in [4.69, 9.17) is 9.84 Å². The molecule has 2 aromatic rings. The Labute approximate surface area is 122 Å². The Bertz CT molecular complexity index is 687. The van der Waals surface area contributed by atoms with Crippen molar-refractivity contribution < 1.29 is 14.6 Å². The van der Waals surface area contributed by atoms with Crippen LogP contribution >= 0.6 is 0 Å². The summed E-state index contributed by atoms with van der Waals surface area (Å²) in [6, 6.07) is 1.93. The number of hydrogen-bond donors (Lipinski definition) is 1. The maximum absolute atomic E-state index is 11.1. The highest BCUT2D eigenvalue weighted by Crippen LogP contribution is 2.36. The molecular weight excluding hydrogens is 270 g/mol. The Kier molecular flexibility index (Phi) is 3.20. The standard InChI is InChI=1S/C15H19N3O3/c1-15(2,3)18-10-6-7-16-8-9(10)17-13(18)11-4-5-12(21-11)14(19)20/h6-8,11-12H,4-5H2,1-3H3,(H,19,20). The first-order chi connectivity index (χ1) is 9.88. The number of carboxylic acids is 1. The predicted octanol–water partition coefficient (Wildman–Crippen LogP) is 2.49.